The number of hydrogen-bond donors (Lipinski definition) is 1. The van der Waals surface area contributed by atoms with Crippen LogP contribution in [-0.2, 0) is 14.6 Å². The number of likely N-dealkylation sites (tertiary alicyclic amines) is 1. The van der Waals surface area contributed by atoms with E-state index in [0.717, 1.165) is 5.56 Å². The van der Waals surface area contributed by atoms with Crippen molar-refractivity contribution in [1.29, 1.82) is 0 Å². The number of nitrogen functional groups attached to an aromatic ring is 1. The van der Waals surface area contributed by atoms with Gasteiger partial charge in [0.25, 0.3) is 0 Å². The molecule has 0 aliphatic carbocycles. The number of nitrogens with two attached hydrogens (primary N) is 1. The van der Waals surface area contributed by atoms with Gasteiger partial charge in [-0.3, -0.25) is 4.79 Å². The van der Waals surface area contributed by atoms with Crippen molar-refractivity contribution in [2.24, 2.45) is 0 Å². The largest absolute Gasteiger partial charge is 0.398 e. The van der Waals surface area contributed by atoms with E-state index >= 15 is 0 Å². The van der Waals surface area contributed by atoms with Crippen LogP contribution in [0.3, 0.4) is 0 Å². The molecule has 1 saturated heterocycles. The Balaban J connectivity index is 2.46. The van der Waals surface area contributed by atoms with Gasteiger partial charge in [-0.05, 0) is 31.0 Å². The molecule has 98 valence electrons. The molecule has 0 radical (unpaired) electrons. The highest BCUT2D eigenvalue weighted by Gasteiger charge is 2.41. The molecule has 6 heteroatoms. The predicted molar refractivity (Wildman–Crippen MR) is 68.8 cm³/mol. The Hall–Kier alpha value is -1.56. The van der Waals surface area contributed by atoms with Crippen LogP contribution in [0.2, 0.25) is 0 Å². The summed E-state index contributed by atoms with van der Waals surface area (Å²) >= 11 is 0. The molecule has 1 heterocycles. The number of amides is 1. The van der Waals surface area contributed by atoms with Crippen molar-refractivity contribution in [2.45, 2.75) is 23.5 Å². The number of carbonyl (C=O) groups is 1. The normalized spacial score (nSPS) is 20.4. The SMILES string of the molecule is Cc1ccc(S(=O)(=O)C2CCN(C)C2=O)c(N)c1. The molecule has 1 atom stereocenters. The summed E-state index contributed by atoms with van der Waals surface area (Å²) in [7, 11) is -2.08. The smallest absolute Gasteiger partial charge is 0.241 e. The van der Waals surface area contributed by atoms with Crippen molar-refractivity contribution >= 4 is 21.4 Å². The maximum atomic E-state index is 12.4. The Morgan fingerprint density at radius 1 is 1.39 bits per heavy atom. The van der Waals surface area contributed by atoms with E-state index in [4.69, 9.17) is 5.73 Å². The summed E-state index contributed by atoms with van der Waals surface area (Å²) in [5, 5.41) is -0.993. The van der Waals surface area contributed by atoms with Gasteiger partial charge in [0.2, 0.25) is 5.91 Å². The van der Waals surface area contributed by atoms with E-state index in [1.165, 1.54) is 11.0 Å². The number of hydrogen-bond acceptors (Lipinski definition) is 4. The fourth-order valence-electron chi connectivity index (χ4n) is 2.16. The highest BCUT2D eigenvalue weighted by Crippen LogP contribution is 2.28. The van der Waals surface area contributed by atoms with Gasteiger partial charge >= 0.3 is 0 Å². The van der Waals surface area contributed by atoms with E-state index in [1.807, 2.05) is 6.92 Å². The molecule has 1 unspecified atom stereocenters. The van der Waals surface area contributed by atoms with Gasteiger partial charge in [0.1, 0.15) is 5.25 Å². The van der Waals surface area contributed by atoms with Crippen molar-refractivity contribution in [3.63, 3.8) is 0 Å². The fraction of sp³-hybridized carbons (Fsp3) is 0.417. The summed E-state index contributed by atoms with van der Waals surface area (Å²) in [5.41, 5.74) is 6.85. The molecule has 0 aromatic heterocycles. The summed E-state index contributed by atoms with van der Waals surface area (Å²) in [5.74, 6) is -0.352. The monoisotopic (exact) mass is 268 g/mol. The fourth-order valence-corrected chi connectivity index (χ4v) is 3.97. The minimum Gasteiger partial charge on any atom is -0.398 e. The Bertz CT molecular complexity index is 595. The minimum absolute atomic E-state index is 0.0572. The van der Waals surface area contributed by atoms with Gasteiger partial charge in [-0.1, -0.05) is 6.07 Å². The van der Waals surface area contributed by atoms with Crippen LogP contribution < -0.4 is 5.73 Å². The second-order valence-electron chi connectivity index (χ2n) is 4.62. The first-order valence-corrected chi connectivity index (χ1v) is 7.23. The molecule has 1 amide bonds. The number of benzene rings is 1. The van der Waals surface area contributed by atoms with Gasteiger partial charge in [-0.15, -0.1) is 0 Å². The second kappa shape index (κ2) is 4.28. The molecule has 0 spiro atoms. The number of nitrogens with zero attached hydrogens (tertiary/aromatic N) is 1. The summed E-state index contributed by atoms with van der Waals surface area (Å²) < 4.78 is 24.8. The zero-order valence-corrected chi connectivity index (χ0v) is 11.2. The lowest BCUT2D eigenvalue weighted by Crippen LogP contribution is -2.32. The van der Waals surface area contributed by atoms with Crippen LogP contribution in [0.5, 0.6) is 0 Å². The summed E-state index contributed by atoms with van der Waals surface area (Å²) in [4.78, 5) is 13.3. The van der Waals surface area contributed by atoms with Gasteiger partial charge in [0, 0.05) is 13.6 Å². The van der Waals surface area contributed by atoms with Crippen LogP contribution in [0, 0.1) is 6.92 Å². The van der Waals surface area contributed by atoms with E-state index < -0.39 is 15.1 Å². The van der Waals surface area contributed by atoms with Crippen LogP contribution in [0.15, 0.2) is 23.1 Å². The molecule has 1 aliphatic rings. The standard InChI is InChI=1S/C12H16N2O3S/c1-8-3-4-10(9(13)7-8)18(16,17)11-5-6-14(2)12(11)15/h3-4,7,11H,5-6,13H2,1-2H3. The van der Waals surface area contributed by atoms with Gasteiger partial charge in [0.15, 0.2) is 9.84 Å². The molecule has 1 fully saturated rings. The predicted octanol–water partition coefficient (Wildman–Crippen LogP) is 0.582. The van der Waals surface area contributed by atoms with E-state index in [-0.39, 0.29) is 16.5 Å². The highest BCUT2D eigenvalue weighted by molar-refractivity contribution is 7.93. The molecule has 18 heavy (non-hydrogen) atoms. The number of sulfone groups is 1. The zero-order chi connectivity index (χ0) is 13.5. The number of carbonyl (C=O) groups excluding carboxylic acids is 1. The van der Waals surface area contributed by atoms with Gasteiger partial charge in [-0.25, -0.2) is 8.42 Å². The average Bonchev–Trinajstić information content (AvgIpc) is 2.59. The molecule has 0 saturated carbocycles. The lowest BCUT2D eigenvalue weighted by atomic mass is 10.2. The van der Waals surface area contributed by atoms with Crippen LogP contribution in [-0.4, -0.2) is 38.1 Å². The van der Waals surface area contributed by atoms with E-state index in [2.05, 4.69) is 0 Å². The Labute approximate surface area is 107 Å². The first-order valence-electron chi connectivity index (χ1n) is 5.69. The molecule has 5 nitrogen and oxygen atoms in total. The van der Waals surface area contributed by atoms with Gasteiger partial charge in [0.05, 0.1) is 10.6 Å². The molecule has 1 aromatic rings. The number of rotatable bonds is 2. The van der Waals surface area contributed by atoms with Crippen molar-refractivity contribution in [2.75, 3.05) is 19.3 Å². The summed E-state index contributed by atoms with van der Waals surface area (Å²) in [6.45, 7) is 2.30. The van der Waals surface area contributed by atoms with E-state index in [1.54, 1.807) is 19.2 Å². The average molecular weight is 268 g/mol. The third kappa shape index (κ3) is 1.96. The Morgan fingerprint density at radius 3 is 2.56 bits per heavy atom. The van der Waals surface area contributed by atoms with E-state index in [0.29, 0.717) is 13.0 Å². The second-order valence-corrected chi connectivity index (χ2v) is 6.72. The third-order valence-corrected chi connectivity index (χ3v) is 5.40. The maximum Gasteiger partial charge on any atom is 0.241 e. The first kappa shape index (κ1) is 12.9. The molecule has 1 aliphatic heterocycles. The lowest BCUT2D eigenvalue weighted by molar-refractivity contribution is -0.126. The van der Waals surface area contributed by atoms with Crippen molar-refractivity contribution < 1.29 is 13.2 Å². The van der Waals surface area contributed by atoms with Crippen molar-refractivity contribution in [3.8, 4) is 0 Å². The molecule has 2 N–H and O–H groups in total. The lowest BCUT2D eigenvalue weighted by Gasteiger charge is -2.13. The Kier molecular flexibility index (Phi) is 3.06. The van der Waals surface area contributed by atoms with Crippen LogP contribution in [0.25, 0.3) is 0 Å². The highest BCUT2D eigenvalue weighted by atomic mass is 32.2. The first-order chi connectivity index (χ1) is 8.34. The molecular formula is C12H16N2O3S. The molecule has 0 bridgehead atoms. The number of anilines is 1. The van der Waals surface area contributed by atoms with Crippen LogP contribution in [0.4, 0.5) is 5.69 Å². The third-order valence-electron chi connectivity index (χ3n) is 3.22. The molecular weight excluding hydrogens is 252 g/mol. The van der Waals surface area contributed by atoms with Gasteiger partial charge < -0.3 is 10.6 Å². The Morgan fingerprint density at radius 2 is 2.06 bits per heavy atom. The maximum absolute atomic E-state index is 12.4. The topological polar surface area (TPSA) is 80.5 Å². The number of aryl methyl sites for hydroxylation is 1. The quantitative estimate of drug-likeness (QED) is 0.796. The summed E-state index contributed by atoms with van der Waals surface area (Å²) in [6, 6.07) is 4.77. The zero-order valence-electron chi connectivity index (χ0n) is 10.4. The van der Waals surface area contributed by atoms with Crippen molar-refractivity contribution in [1.82, 2.24) is 4.90 Å². The minimum atomic E-state index is -3.68. The molecule has 2 rings (SSSR count). The van der Waals surface area contributed by atoms with E-state index in [9.17, 15) is 13.2 Å². The van der Waals surface area contributed by atoms with Crippen LogP contribution >= 0.6 is 0 Å². The molecule has 1 aromatic carbocycles. The summed E-state index contributed by atoms with van der Waals surface area (Å²) in [6.07, 6.45) is 0.324. The van der Waals surface area contributed by atoms with Crippen molar-refractivity contribution in [3.05, 3.63) is 23.8 Å². The van der Waals surface area contributed by atoms with Crippen LogP contribution in [0.1, 0.15) is 12.0 Å². The van der Waals surface area contributed by atoms with Gasteiger partial charge in [-0.2, -0.15) is 0 Å².